The normalized spacial score (nSPS) is 14.1. The van der Waals surface area contributed by atoms with Gasteiger partial charge in [0.05, 0.1) is 38.0 Å². The summed E-state index contributed by atoms with van der Waals surface area (Å²) in [5.41, 5.74) is 1.25. The Hall–Kier alpha value is -3.19. The van der Waals surface area contributed by atoms with Crippen LogP contribution in [0.25, 0.3) is 17.3 Å². The summed E-state index contributed by atoms with van der Waals surface area (Å²) >= 11 is 2.94. The van der Waals surface area contributed by atoms with Gasteiger partial charge in [-0.1, -0.05) is 23.9 Å². The zero-order valence-electron chi connectivity index (χ0n) is 20.5. The van der Waals surface area contributed by atoms with Gasteiger partial charge in [-0.3, -0.25) is 14.3 Å². The van der Waals surface area contributed by atoms with Gasteiger partial charge >= 0.3 is 0 Å². The van der Waals surface area contributed by atoms with Gasteiger partial charge in [0.1, 0.15) is 16.5 Å². The summed E-state index contributed by atoms with van der Waals surface area (Å²) in [6, 6.07) is 11.3. The number of rotatable bonds is 11. The Balaban J connectivity index is 1.22. The second-order valence-electron chi connectivity index (χ2n) is 8.27. The lowest BCUT2D eigenvalue weighted by Crippen LogP contribution is -2.38. The topological polar surface area (TPSA) is 108 Å². The first kappa shape index (κ1) is 25.5. The van der Waals surface area contributed by atoms with Crippen molar-refractivity contribution in [2.75, 3.05) is 46.5 Å². The van der Waals surface area contributed by atoms with E-state index in [0.29, 0.717) is 40.5 Å². The minimum Gasteiger partial charge on any atom is -0.495 e. The van der Waals surface area contributed by atoms with Crippen molar-refractivity contribution in [3.63, 3.8) is 0 Å². The average molecular weight is 541 g/mol. The number of nitrogens with zero attached hydrogens (tertiary/aromatic N) is 5. The van der Waals surface area contributed by atoms with E-state index in [1.807, 2.05) is 41.0 Å². The molecule has 0 spiro atoms. The molecule has 0 unspecified atom stereocenters. The molecule has 4 aromatic rings. The van der Waals surface area contributed by atoms with E-state index in [1.165, 1.54) is 23.1 Å². The number of carbonyl (C=O) groups excluding carboxylic acids is 1. The smallest absolute Gasteiger partial charge is 0.270 e. The fourth-order valence-corrected chi connectivity index (χ4v) is 5.73. The third kappa shape index (κ3) is 6.21. The summed E-state index contributed by atoms with van der Waals surface area (Å²) in [4.78, 5) is 19.5. The Labute approximate surface area is 223 Å². The van der Waals surface area contributed by atoms with E-state index in [0.717, 1.165) is 50.0 Å². The van der Waals surface area contributed by atoms with Crippen molar-refractivity contribution in [2.24, 2.45) is 0 Å². The number of thiazole rings is 1. The number of hydrogen-bond acceptors (Lipinski definition) is 10. The first-order valence-corrected chi connectivity index (χ1v) is 13.9. The van der Waals surface area contributed by atoms with Gasteiger partial charge in [0.2, 0.25) is 5.82 Å². The summed E-state index contributed by atoms with van der Waals surface area (Å²) in [6.45, 7) is 5.05. The van der Waals surface area contributed by atoms with E-state index >= 15 is 0 Å². The summed E-state index contributed by atoms with van der Waals surface area (Å²) < 4.78 is 18.5. The number of amides is 1. The Bertz CT molecular complexity index is 1300. The number of ether oxygens (including phenoxy) is 2. The number of aromatic nitrogens is 4. The number of nitrogens with one attached hydrogen (secondary N) is 1. The highest BCUT2D eigenvalue weighted by atomic mass is 32.2. The van der Waals surface area contributed by atoms with Crippen LogP contribution in [0.5, 0.6) is 5.75 Å². The molecule has 0 saturated carbocycles. The molecule has 1 aliphatic rings. The molecule has 0 bridgehead atoms. The SMILES string of the molecule is COc1ccccc1-n1c(SCc2nc(C(=O)NCCCN3CCOCC3)cs2)nnc1-c1ccco1. The van der Waals surface area contributed by atoms with Crippen LogP contribution in [0, 0.1) is 0 Å². The van der Waals surface area contributed by atoms with Crippen molar-refractivity contribution in [3.8, 4) is 23.0 Å². The van der Waals surface area contributed by atoms with E-state index in [9.17, 15) is 4.79 Å². The zero-order chi connectivity index (χ0) is 25.5. The largest absolute Gasteiger partial charge is 0.495 e. The van der Waals surface area contributed by atoms with Crippen molar-refractivity contribution in [2.45, 2.75) is 17.3 Å². The summed E-state index contributed by atoms with van der Waals surface area (Å²) in [6.07, 6.45) is 2.50. The van der Waals surface area contributed by atoms with Crippen LogP contribution in [-0.2, 0) is 10.5 Å². The maximum absolute atomic E-state index is 12.6. The number of thioether (sulfide) groups is 1. The van der Waals surface area contributed by atoms with Crippen LogP contribution >= 0.6 is 23.1 Å². The molecule has 4 heterocycles. The molecular formula is C25H28N6O4S2. The minimum absolute atomic E-state index is 0.147. The second kappa shape index (κ2) is 12.4. The highest BCUT2D eigenvalue weighted by molar-refractivity contribution is 7.98. The standard InChI is InChI=1S/C25H28N6O4S2/c1-33-20-7-3-2-6-19(20)31-23(21-8-4-13-35-21)28-29-25(31)37-17-22-27-18(16-36-22)24(32)26-9-5-10-30-11-14-34-15-12-30/h2-4,6-8,13,16H,5,9-12,14-15,17H2,1H3,(H,26,32). The summed E-state index contributed by atoms with van der Waals surface area (Å²) in [5, 5.41) is 15.1. The third-order valence-electron chi connectivity index (χ3n) is 5.85. The molecule has 0 radical (unpaired) electrons. The van der Waals surface area contributed by atoms with Gasteiger partial charge in [-0.05, 0) is 37.2 Å². The third-order valence-corrected chi connectivity index (χ3v) is 7.82. The lowest BCUT2D eigenvalue weighted by molar-refractivity contribution is 0.0374. The first-order valence-electron chi connectivity index (χ1n) is 12.0. The molecule has 12 heteroatoms. The number of morpholine rings is 1. The molecule has 1 saturated heterocycles. The number of furan rings is 1. The molecule has 1 N–H and O–H groups in total. The highest BCUT2D eigenvalue weighted by Crippen LogP contribution is 2.34. The van der Waals surface area contributed by atoms with E-state index < -0.39 is 0 Å². The number of carbonyl (C=O) groups is 1. The van der Waals surface area contributed by atoms with Crippen molar-refractivity contribution >= 4 is 29.0 Å². The molecule has 1 fully saturated rings. The summed E-state index contributed by atoms with van der Waals surface area (Å²) in [7, 11) is 1.63. The molecule has 1 aliphatic heterocycles. The zero-order valence-corrected chi connectivity index (χ0v) is 22.1. The maximum atomic E-state index is 12.6. The van der Waals surface area contributed by atoms with Crippen molar-refractivity contribution in [1.29, 1.82) is 0 Å². The molecule has 3 aromatic heterocycles. The van der Waals surface area contributed by atoms with Crippen LogP contribution in [0.15, 0.2) is 57.6 Å². The molecule has 37 heavy (non-hydrogen) atoms. The quantitative estimate of drug-likeness (QED) is 0.225. The lowest BCUT2D eigenvalue weighted by atomic mass is 10.3. The molecule has 10 nitrogen and oxygen atoms in total. The van der Waals surface area contributed by atoms with E-state index in [4.69, 9.17) is 13.9 Å². The van der Waals surface area contributed by atoms with Gasteiger partial charge in [0, 0.05) is 25.0 Å². The second-order valence-corrected chi connectivity index (χ2v) is 10.2. The van der Waals surface area contributed by atoms with E-state index in [2.05, 4.69) is 25.4 Å². The van der Waals surface area contributed by atoms with Crippen LogP contribution in [0.1, 0.15) is 21.9 Å². The number of hydrogen-bond donors (Lipinski definition) is 1. The molecule has 5 rings (SSSR count). The fourth-order valence-electron chi connectivity index (χ4n) is 3.99. The number of methoxy groups -OCH3 is 1. The highest BCUT2D eigenvalue weighted by Gasteiger charge is 2.21. The molecule has 1 amide bonds. The molecule has 0 aliphatic carbocycles. The van der Waals surface area contributed by atoms with Crippen molar-refractivity contribution < 1.29 is 18.7 Å². The van der Waals surface area contributed by atoms with Crippen LogP contribution in [0.3, 0.4) is 0 Å². The molecular weight excluding hydrogens is 512 g/mol. The predicted molar refractivity (Wildman–Crippen MR) is 141 cm³/mol. The Morgan fingerprint density at radius 2 is 2.05 bits per heavy atom. The van der Waals surface area contributed by atoms with Gasteiger partial charge in [0.25, 0.3) is 5.91 Å². The first-order chi connectivity index (χ1) is 18.2. The predicted octanol–water partition coefficient (Wildman–Crippen LogP) is 3.74. The lowest BCUT2D eigenvalue weighted by Gasteiger charge is -2.26. The van der Waals surface area contributed by atoms with Gasteiger partial charge in [-0.2, -0.15) is 0 Å². The minimum atomic E-state index is -0.147. The van der Waals surface area contributed by atoms with Gasteiger partial charge in [0.15, 0.2) is 10.9 Å². The molecule has 1 aromatic carbocycles. The van der Waals surface area contributed by atoms with Crippen LogP contribution in [-0.4, -0.2) is 77.1 Å². The molecule has 194 valence electrons. The van der Waals surface area contributed by atoms with E-state index in [1.54, 1.807) is 18.8 Å². The van der Waals surface area contributed by atoms with Crippen molar-refractivity contribution in [3.05, 3.63) is 58.7 Å². The maximum Gasteiger partial charge on any atom is 0.270 e. The number of para-hydroxylation sites is 2. The van der Waals surface area contributed by atoms with Gasteiger partial charge in [-0.25, -0.2) is 4.98 Å². The monoisotopic (exact) mass is 540 g/mol. The van der Waals surface area contributed by atoms with Crippen molar-refractivity contribution in [1.82, 2.24) is 30.0 Å². The Morgan fingerprint density at radius 3 is 2.86 bits per heavy atom. The number of benzene rings is 1. The fraction of sp³-hybridized carbons (Fsp3) is 0.360. The average Bonchev–Trinajstić information content (AvgIpc) is 3.71. The Kier molecular flexibility index (Phi) is 8.51. The van der Waals surface area contributed by atoms with Gasteiger partial charge < -0.3 is 19.2 Å². The van der Waals surface area contributed by atoms with Crippen LogP contribution in [0.2, 0.25) is 0 Å². The van der Waals surface area contributed by atoms with Crippen LogP contribution < -0.4 is 10.1 Å². The summed E-state index contributed by atoms with van der Waals surface area (Å²) in [5.74, 6) is 2.27. The van der Waals surface area contributed by atoms with Gasteiger partial charge in [-0.15, -0.1) is 21.5 Å². The molecule has 0 atom stereocenters. The Morgan fingerprint density at radius 1 is 1.19 bits per heavy atom. The van der Waals surface area contributed by atoms with Crippen LogP contribution in [0.4, 0.5) is 0 Å². The van der Waals surface area contributed by atoms with E-state index in [-0.39, 0.29) is 5.91 Å².